The summed E-state index contributed by atoms with van der Waals surface area (Å²) in [6.07, 6.45) is 4.02. The summed E-state index contributed by atoms with van der Waals surface area (Å²) in [4.78, 5) is 37.8. The molecule has 27 heavy (non-hydrogen) atoms. The van der Waals surface area contributed by atoms with Gasteiger partial charge in [0.1, 0.15) is 0 Å². The second kappa shape index (κ2) is 8.62. The van der Waals surface area contributed by atoms with E-state index in [0.717, 1.165) is 6.41 Å². The predicted molar refractivity (Wildman–Crippen MR) is 103 cm³/mol. The van der Waals surface area contributed by atoms with E-state index in [1.807, 2.05) is 18.2 Å². The van der Waals surface area contributed by atoms with E-state index < -0.39 is 0 Å². The SMILES string of the molecule is CC(C)N(Cc1ccccc1)c1ncc(C(=O)N2CCN(C=O)CC2)cn1. The summed E-state index contributed by atoms with van der Waals surface area (Å²) in [6.45, 7) is 7.09. The van der Waals surface area contributed by atoms with Crippen molar-refractivity contribution in [2.75, 3.05) is 31.1 Å². The highest BCUT2D eigenvalue weighted by Crippen LogP contribution is 2.16. The van der Waals surface area contributed by atoms with E-state index >= 15 is 0 Å². The lowest BCUT2D eigenvalue weighted by Gasteiger charge is -2.32. The number of amides is 2. The van der Waals surface area contributed by atoms with Gasteiger partial charge in [-0.1, -0.05) is 30.3 Å². The van der Waals surface area contributed by atoms with Gasteiger partial charge in [0.2, 0.25) is 12.4 Å². The molecule has 0 saturated carbocycles. The first-order valence-corrected chi connectivity index (χ1v) is 9.19. The first-order chi connectivity index (χ1) is 13.1. The van der Waals surface area contributed by atoms with Crippen molar-refractivity contribution in [3.05, 3.63) is 53.9 Å². The van der Waals surface area contributed by atoms with Gasteiger partial charge < -0.3 is 14.7 Å². The van der Waals surface area contributed by atoms with Crippen LogP contribution in [0.3, 0.4) is 0 Å². The number of rotatable bonds is 6. The number of carbonyl (C=O) groups is 2. The molecule has 2 aromatic rings. The molecule has 7 heteroatoms. The first kappa shape index (κ1) is 18.8. The summed E-state index contributed by atoms with van der Waals surface area (Å²) in [7, 11) is 0. The molecular formula is C20H25N5O2. The maximum absolute atomic E-state index is 12.6. The highest BCUT2D eigenvalue weighted by molar-refractivity contribution is 5.93. The van der Waals surface area contributed by atoms with E-state index in [4.69, 9.17) is 0 Å². The summed E-state index contributed by atoms with van der Waals surface area (Å²) in [5.74, 6) is 0.516. The Morgan fingerprint density at radius 2 is 1.74 bits per heavy atom. The van der Waals surface area contributed by atoms with Gasteiger partial charge in [-0.25, -0.2) is 9.97 Å². The Labute approximate surface area is 159 Å². The van der Waals surface area contributed by atoms with Gasteiger partial charge in [0.25, 0.3) is 5.91 Å². The average molecular weight is 367 g/mol. The van der Waals surface area contributed by atoms with Crippen molar-refractivity contribution in [3.63, 3.8) is 0 Å². The van der Waals surface area contributed by atoms with Crippen LogP contribution in [0.2, 0.25) is 0 Å². The van der Waals surface area contributed by atoms with Crippen LogP contribution in [0.5, 0.6) is 0 Å². The molecule has 1 aromatic heterocycles. The molecule has 0 unspecified atom stereocenters. The average Bonchev–Trinajstić information content (AvgIpc) is 2.72. The van der Waals surface area contributed by atoms with Gasteiger partial charge >= 0.3 is 0 Å². The quantitative estimate of drug-likeness (QED) is 0.728. The molecule has 0 spiro atoms. The van der Waals surface area contributed by atoms with Crippen LogP contribution in [0.25, 0.3) is 0 Å². The van der Waals surface area contributed by atoms with Gasteiger partial charge in [0, 0.05) is 51.2 Å². The van der Waals surface area contributed by atoms with E-state index in [2.05, 4.69) is 40.8 Å². The first-order valence-electron chi connectivity index (χ1n) is 9.19. The molecule has 1 fully saturated rings. The number of benzene rings is 1. The smallest absolute Gasteiger partial charge is 0.257 e. The fraction of sp³-hybridized carbons (Fsp3) is 0.400. The molecule has 2 amide bonds. The van der Waals surface area contributed by atoms with Crippen LogP contribution in [0.1, 0.15) is 29.8 Å². The summed E-state index contributed by atoms with van der Waals surface area (Å²) in [5, 5.41) is 0. The third kappa shape index (κ3) is 4.61. The van der Waals surface area contributed by atoms with Crippen molar-refractivity contribution in [1.29, 1.82) is 0 Å². The molecule has 1 aliphatic heterocycles. The van der Waals surface area contributed by atoms with E-state index in [1.165, 1.54) is 5.56 Å². The Balaban J connectivity index is 1.69. The van der Waals surface area contributed by atoms with E-state index in [-0.39, 0.29) is 11.9 Å². The molecule has 1 saturated heterocycles. The van der Waals surface area contributed by atoms with Crippen molar-refractivity contribution in [2.24, 2.45) is 0 Å². The third-order valence-corrected chi connectivity index (χ3v) is 4.71. The van der Waals surface area contributed by atoms with Gasteiger partial charge in [-0.05, 0) is 19.4 Å². The van der Waals surface area contributed by atoms with Gasteiger partial charge in [-0.2, -0.15) is 0 Å². The van der Waals surface area contributed by atoms with Crippen molar-refractivity contribution < 1.29 is 9.59 Å². The number of carbonyl (C=O) groups excluding carboxylic acids is 2. The molecule has 0 radical (unpaired) electrons. The summed E-state index contributed by atoms with van der Waals surface area (Å²) in [6, 6.07) is 10.4. The van der Waals surface area contributed by atoms with Gasteiger partial charge in [-0.15, -0.1) is 0 Å². The van der Waals surface area contributed by atoms with Crippen LogP contribution in [0.15, 0.2) is 42.7 Å². The number of hydrogen-bond donors (Lipinski definition) is 0. The third-order valence-electron chi connectivity index (χ3n) is 4.71. The van der Waals surface area contributed by atoms with Crippen LogP contribution in [0.4, 0.5) is 5.95 Å². The van der Waals surface area contributed by atoms with Crippen LogP contribution in [-0.4, -0.2) is 64.3 Å². The monoisotopic (exact) mass is 367 g/mol. The van der Waals surface area contributed by atoms with Crippen LogP contribution in [-0.2, 0) is 11.3 Å². The minimum Gasteiger partial charge on any atom is -0.342 e. The molecule has 0 aliphatic carbocycles. The zero-order valence-corrected chi connectivity index (χ0v) is 15.8. The standard InChI is InChI=1S/C20H25N5O2/c1-16(2)25(14-17-6-4-3-5-7-17)20-21-12-18(13-22-20)19(27)24-10-8-23(15-26)9-11-24/h3-7,12-13,15-16H,8-11,14H2,1-2H3. The molecule has 0 atom stereocenters. The summed E-state index contributed by atoms with van der Waals surface area (Å²) < 4.78 is 0. The lowest BCUT2D eigenvalue weighted by molar-refractivity contribution is -0.119. The molecular weight excluding hydrogens is 342 g/mol. The number of piperazine rings is 1. The molecule has 142 valence electrons. The molecule has 1 aliphatic rings. The van der Waals surface area contributed by atoms with Gasteiger partial charge in [0.05, 0.1) is 5.56 Å². The second-order valence-electron chi connectivity index (χ2n) is 6.91. The predicted octanol–water partition coefficient (Wildman–Crippen LogP) is 1.81. The van der Waals surface area contributed by atoms with Gasteiger partial charge in [-0.3, -0.25) is 9.59 Å². The lowest BCUT2D eigenvalue weighted by atomic mass is 10.2. The topological polar surface area (TPSA) is 69.6 Å². The molecule has 0 bridgehead atoms. The van der Waals surface area contributed by atoms with Gasteiger partial charge in [0.15, 0.2) is 0 Å². The fourth-order valence-corrected chi connectivity index (χ4v) is 3.06. The van der Waals surface area contributed by atoms with Crippen molar-refractivity contribution in [3.8, 4) is 0 Å². The molecule has 1 aromatic carbocycles. The number of nitrogens with zero attached hydrogens (tertiary/aromatic N) is 5. The number of aromatic nitrogens is 2. The zero-order valence-electron chi connectivity index (χ0n) is 15.8. The normalized spacial score (nSPS) is 14.3. The zero-order chi connectivity index (χ0) is 19.2. The minimum atomic E-state index is -0.0914. The fourth-order valence-electron chi connectivity index (χ4n) is 3.06. The number of hydrogen-bond acceptors (Lipinski definition) is 5. The highest BCUT2D eigenvalue weighted by atomic mass is 16.2. The lowest BCUT2D eigenvalue weighted by Crippen LogP contribution is -2.48. The Bertz CT molecular complexity index is 756. The highest BCUT2D eigenvalue weighted by Gasteiger charge is 2.22. The molecule has 2 heterocycles. The van der Waals surface area contributed by atoms with Crippen LogP contribution in [0, 0.1) is 0 Å². The summed E-state index contributed by atoms with van der Waals surface area (Å²) in [5.41, 5.74) is 1.66. The maximum atomic E-state index is 12.6. The Kier molecular flexibility index (Phi) is 6.01. The second-order valence-corrected chi connectivity index (χ2v) is 6.91. The Morgan fingerprint density at radius 1 is 1.11 bits per heavy atom. The maximum Gasteiger partial charge on any atom is 0.257 e. The number of anilines is 1. The van der Waals surface area contributed by atoms with Crippen molar-refractivity contribution >= 4 is 18.3 Å². The van der Waals surface area contributed by atoms with Crippen LogP contribution >= 0.6 is 0 Å². The van der Waals surface area contributed by atoms with Crippen LogP contribution < -0.4 is 4.90 Å². The van der Waals surface area contributed by atoms with E-state index in [1.54, 1.807) is 22.2 Å². The summed E-state index contributed by atoms with van der Waals surface area (Å²) >= 11 is 0. The van der Waals surface area contributed by atoms with E-state index in [0.29, 0.717) is 44.2 Å². The molecule has 0 N–H and O–H groups in total. The molecule has 3 rings (SSSR count). The van der Waals surface area contributed by atoms with Crippen molar-refractivity contribution in [1.82, 2.24) is 19.8 Å². The Hall–Kier alpha value is -2.96. The van der Waals surface area contributed by atoms with Crippen molar-refractivity contribution in [2.45, 2.75) is 26.4 Å². The molecule has 7 nitrogen and oxygen atoms in total. The largest absolute Gasteiger partial charge is 0.342 e. The minimum absolute atomic E-state index is 0.0914. The van der Waals surface area contributed by atoms with E-state index in [9.17, 15) is 9.59 Å². The Morgan fingerprint density at radius 3 is 2.30 bits per heavy atom.